The monoisotopic (exact) mass is 501 g/mol. The van der Waals surface area contributed by atoms with Gasteiger partial charge in [0.2, 0.25) is 0 Å². The van der Waals surface area contributed by atoms with E-state index in [9.17, 15) is 14.4 Å². The van der Waals surface area contributed by atoms with E-state index in [0.29, 0.717) is 22.6 Å². The summed E-state index contributed by atoms with van der Waals surface area (Å²) < 4.78 is 2.77. The van der Waals surface area contributed by atoms with Crippen LogP contribution in [0, 0.1) is 0 Å². The molecule has 160 valence electrons. The molecular weight excluding hydrogens is 477 g/mol. The van der Waals surface area contributed by atoms with Gasteiger partial charge in [0.05, 0.1) is 0 Å². The average Bonchev–Trinajstić information content (AvgIpc) is 3.44. The minimum atomic E-state index is -0.153. The first kappa shape index (κ1) is 20.6. The van der Waals surface area contributed by atoms with Crippen LogP contribution < -0.4 is 16.2 Å². The number of aromatic nitrogens is 1. The molecule has 2 aliphatic heterocycles. The Balaban J connectivity index is 1.25. The van der Waals surface area contributed by atoms with E-state index in [-0.39, 0.29) is 44.2 Å². The van der Waals surface area contributed by atoms with Gasteiger partial charge in [-0.1, -0.05) is 0 Å². The molecule has 0 bridgehead atoms. The summed E-state index contributed by atoms with van der Waals surface area (Å²) in [7, 11) is 0. The van der Waals surface area contributed by atoms with E-state index in [2.05, 4.69) is 10.6 Å². The summed E-state index contributed by atoms with van der Waals surface area (Å²) in [6.07, 6.45) is 3.15. The average molecular weight is 500 g/mol. The van der Waals surface area contributed by atoms with Gasteiger partial charge >= 0.3 is 186 Å². The summed E-state index contributed by atoms with van der Waals surface area (Å²) in [5, 5.41) is 6.97. The molecule has 0 aliphatic carbocycles. The van der Waals surface area contributed by atoms with E-state index < -0.39 is 0 Å². The normalized spacial score (nSPS) is 22.3. The van der Waals surface area contributed by atoms with E-state index in [1.807, 2.05) is 54.2 Å². The molecule has 0 radical (unpaired) electrons. The molecule has 0 unspecified atom stereocenters. The summed E-state index contributed by atoms with van der Waals surface area (Å²) in [6, 6.07) is 15.7. The van der Waals surface area contributed by atoms with Gasteiger partial charge < -0.3 is 0 Å². The molecule has 2 fully saturated rings. The fourth-order valence-corrected chi connectivity index (χ4v) is 8.14. The second kappa shape index (κ2) is 8.69. The molecule has 2 saturated heterocycles. The maximum atomic E-state index is 13.1. The Morgan fingerprint density at radius 3 is 2.74 bits per heavy atom. The van der Waals surface area contributed by atoms with E-state index in [1.54, 1.807) is 9.63 Å². The number of benzene rings is 2. The Morgan fingerprint density at radius 1 is 1.06 bits per heavy atom. The quantitative estimate of drug-likeness (QED) is 0.226. The summed E-state index contributed by atoms with van der Waals surface area (Å²) in [6.45, 7) is 0. The first-order valence-electron chi connectivity index (χ1n) is 10.5. The van der Waals surface area contributed by atoms with Crippen molar-refractivity contribution in [3.8, 4) is 5.69 Å². The van der Waals surface area contributed by atoms with Crippen LogP contribution in [0.1, 0.15) is 36.0 Å². The summed E-state index contributed by atoms with van der Waals surface area (Å²) >= 11 is 1.74. The van der Waals surface area contributed by atoms with Crippen molar-refractivity contribution in [2.24, 2.45) is 0 Å². The molecule has 5 rings (SSSR count). The van der Waals surface area contributed by atoms with Crippen molar-refractivity contribution >= 4 is 48.0 Å². The van der Waals surface area contributed by atoms with Crippen LogP contribution in [0.2, 0.25) is 0 Å². The number of Topliss-reactive ketones (excluding diaryl/α,β-unsaturated/α-hetero) is 1. The summed E-state index contributed by atoms with van der Waals surface area (Å²) in [4.78, 5) is 37.6. The molecule has 2 amide bonds. The van der Waals surface area contributed by atoms with Crippen LogP contribution in [0.25, 0.3) is 15.3 Å². The molecule has 8 heteroatoms. The van der Waals surface area contributed by atoms with Crippen LogP contribution >= 0.6 is 11.8 Å². The second-order valence-corrected chi connectivity index (χ2v) is 11.3. The number of urea groups is 1. The van der Waals surface area contributed by atoms with Gasteiger partial charge in [-0.05, 0) is 0 Å². The number of nitrogens with zero attached hydrogens (tertiary/aromatic N) is 1. The molecule has 3 heterocycles. The molecular formula is C23H23N3O3SSe. The van der Waals surface area contributed by atoms with Gasteiger partial charge in [0.1, 0.15) is 0 Å². The van der Waals surface area contributed by atoms with Gasteiger partial charge in [-0.3, -0.25) is 0 Å². The van der Waals surface area contributed by atoms with Gasteiger partial charge in [0.25, 0.3) is 0 Å². The fraction of sp³-hybridized carbons (Fsp3) is 0.348. The number of hydrogen-bond donors (Lipinski definition) is 2. The minimum absolute atomic E-state index is 0.0451. The summed E-state index contributed by atoms with van der Waals surface area (Å²) in [5.74, 6) is 0.994. The first-order valence-corrected chi connectivity index (χ1v) is 13.2. The molecule has 6 nitrogen and oxygen atoms in total. The van der Waals surface area contributed by atoms with Crippen molar-refractivity contribution in [2.75, 3.05) is 5.75 Å². The topological polar surface area (TPSA) is 80.2 Å². The van der Waals surface area contributed by atoms with Gasteiger partial charge in [-0.2, -0.15) is 0 Å². The molecule has 0 saturated carbocycles. The Kier molecular flexibility index (Phi) is 5.78. The van der Waals surface area contributed by atoms with Gasteiger partial charge in [-0.15, -0.1) is 0 Å². The number of carbonyl (C=O) groups is 2. The molecule has 0 spiro atoms. The van der Waals surface area contributed by atoms with Crippen molar-refractivity contribution in [3.63, 3.8) is 0 Å². The van der Waals surface area contributed by atoms with E-state index >= 15 is 0 Å². The third-order valence-corrected chi connectivity index (χ3v) is 9.79. The number of para-hydroxylation sites is 1. The second-order valence-electron chi connectivity index (χ2n) is 8.00. The molecule has 2 aliphatic rings. The van der Waals surface area contributed by atoms with Crippen LogP contribution in [0.4, 0.5) is 4.79 Å². The number of nitrogens with one attached hydrogen (secondary N) is 2. The van der Waals surface area contributed by atoms with E-state index in [1.165, 1.54) is 0 Å². The molecule has 31 heavy (non-hydrogen) atoms. The fourth-order valence-electron chi connectivity index (χ4n) is 4.44. The van der Waals surface area contributed by atoms with Crippen molar-refractivity contribution in [3.05, 3.63) is 64.4 Å². The number of ketones is 1. The number of rotatable bonds is 7. The number of hydrogen-bond acceptors (Lipinski definition) is 4. The predicted octanol–water partition coefficient (Wildman–Crippen LogP) is 2.96. The number of carbonyl (C=O) groups excluding carboxylic acids is 2. The zero-order valence-corrected chi connectivity index (χ0v) is 19.4. The summed E-state index contributed by atoms with van der Waals surface area (Å²) in [5.41, 5.74) is 1.37. The zero-order chi connectivity index (χ0) is 21.4. The standard InChI is InChI=1S/C23H23N3O3SSe/c27-17(10-4-5-11-18-21-16(13-30-18)24-23(29)25-21)15-9-6-12-19-20(15)22(28)26(31-19)14-7-2-1-3-8-14/h1-3,6-9,12,16,18,21H,4-5,10-11,13H2,(H2,24,25,29)/t16-,18-,21-/m0/s1. The van der Waals surface area contributed by atoms with Gasteiger partial charge in [0.15, 0.2) is 0 Å². The molecule has 2 N–H and O–H groups in total. The number of amides is 2. The van der Waals surface area contributed by atoms with E-state index in [4.69, 9.17) is 0 Å². The van der Waals surface area contributed by atoms with Crippen LogP contribution in [-0.2, 0) is 0 Å². The van der Waals surface area contributed by atoms with Gasteiger partial charge in [-0.25, -0.2) is 4.79 Å². The Morgan fingerprint density at radius 2 is 1.90 bits per heavy atom. The van der Waals surface area contributed by atoms with Crippen molar-refractivity contribution in [1.29, 1.82) is 0 Å². The number of fused-ring (bicyclic) bond motifs is 2. The Hall–Kier alpha value is -2.28. The number of thioether (sulfide) groups is 1. The van der Waals surface area contributed by atoms with Crippen molar-refractivity contribution in [1.82, 2.24) is 14.2 Å². The molecule has 2 aromatic carbocycles. The van der Waals surface area contributed by atoms with Gasteiger partial charge in [0, 0.05) is 0 Å². The predicted molar refractivity (Wildman–Crippen MR) is 125 cm³/mol. The Labute approximate surface area is 190 Å². The molecule has 1 aromatic heterocycles. The number of unbranched alkanes of at least 4 members (excludes halogenated alkanes) is 1. The maximum absolute atomic E-state index is 13.1. The molecule has 3 atom stereocenters. The first-order chi connectivity index (χ1) is 15.1. The Bertz CT molecular complexity index is 1190. The molecule has 3 aromatic rings. The van der Waals surface area contributed by atoms with Crippen LogP contribution in [0.15, 0.2) is 53.3 Å². The zero-order valence-electron chi connectivity index (χ0n) is 16.9. The van der Waals surface area contributed by atoms with E-state index in [0.717, 1.165) is 35.0 Å². The SMILES string of the molecule is O=C1N[C@H]2[C@H](CS[C@H]2CCCCC(=O)c2cccc3[se]n(-c4ccccc4)c(=O)c23)N1. The van der Waals surface area contributed by atoms with Crippen LogP contribution in [-0.4, -0.2) is 53.2 Å². The third kappa shape index (κ3) is 4.00. The van der Waals surface area contributed by atoms with Crippen LogP contribution in [0.3, 0.4) is 0 Å². The van der Waals surface area contributed by atoms with Crippen molar-refractivity contribution < 1.29 is 9.59 Å². The third-order valence-electron chi connectivity index (χ3n) is 5.99. The van der Waals surface area contributed by atoms with Crippen molar-refractivity contribution in [2.45, 2.75) is 43.0 Å². The van der Waals surface area contributed by atoms with Crippen LogP contribution in [0.5, 0.6) is 0 Å².